The summed E-state index contributed by atoms with van der Waals surface area (Å²) < 4.78 is 26.9. The molecule has 0 spiro atoms. The topological polar surface area (TPSA) is 66.4 Å². The van der Waals surface area contributed by atoms with Crippen LogP contribution in [0, 0.1) is 0 Å². The monoisotopic (exact) mass is 306 g/mol. The molecule has 6 nitrogen and oxygen atoms in total. The van der Waals surface area contributed by atoms with E-state index < -0.39 is 7.32 Å². The van der Waals surface area contributed by atoms with Crippen molar-refractivity contribution in [1.29, 1.82) is 0 Å². The van der Waals surface area contributed by atoms with Crippen LogP contribution in [0.4, 0.5) is 0 Å². The molecule has 0 aliphatic rings. The highest BCUT2D eigenvalue weighted by Gasteiger charge is 2.20. The van der Waals surface area contributed by atoms with Crippen LogP contribution in [0.15, 0.2) is 0 Å². The maximum absolute atomic E-state index is 8.77. The molecule has 0 atom stereocenters. The van der Waals surface area contributed by atoms with E-state index in [1.807, 2.05) is 0 Å². The summed E-state index contributed by atoms with van der Waals surface area (Å²) in [6.07, 6.45) is 4.33. The average Bonchev–Trinajstić information content (AvgIpc) is 2.50. The summed E-state index contributed by atoms with van der Waals surface area (Å²) in [5.74, 6) is 0. The van der Waals surface area contributed by atoms with Crippen molar-refractivity contribution in [1.82, 2.24) is 0 Å². The van der Waals surface area contributed by atoms with E-state index in [4.69, 9.17) is 28.5 Å². The third kappa shape index (κ3) is 16.0. The molecule has 0 saturated heterocycles. The Morgan fingerprint density at radius 1 is 0.667 bits per heavy atom. The van der Waals surface area contributed by atoms with Crippen molar-refractivity contribution >= 4 is 7.32 Å². The average molecular weight is 306 g/mol. The Labute approximate surface area is 129 Å². The molecule has 0 saturated carbocycles. The Balaban J connectivity index is 3.56. The lowest BCUT2D eigenvalue weighted by Crippen LogP contribution is -2.31. The standard InChI is InChI=1S/C14H31BO6/c1-3-5-8-17-11-13-20-15(19-10-7-16)21-14-12-18-9-6-4-2/h16H,3-14H2,1-2H3. The van der Waals surface area contributed by atoms with Gasteiger partial charge in [0, 0.05) is 13.2 Å². The lowest BCUT2D eigenvalue weighted by atomic mass is 10.2. The fourth-order valence-corrected chi connectivity index (χ4v) is 1.40. The molecule has 0 aromatic rings. The van der Waals surface area contributed by atoms with Crippen molar-refractivity contribution in [2.75, 3.05) is 52.9 Å². The fraction of sp³-hybridized carbons (Fsp3) is 1.00. The SMILES string of the molecule is CCCCOCCOB(OCCO)OCCOCCCC. The zero-order chi connectivity index (χ0) is 15.6. The molecule has 7 heteroatoms. The summed E-state index contributed by atoms with van der Waals surface area (Å²) in [6, 6.07) is 0. The third-order valence-corrected chi connectivity index (χ3v) is 2.59. The quantitative estimate of drug-likeness (QED) is 0.325. The zero-order valence-corrected chi connectivity index (χ0v) is 13.6. The molecule has 0 aliphatic heterocycles. The van der Waals surface area contributed by atoms with Crippen LogP contribution in [-0.2, 0) is 23.4 Å². The number of hydrogen-bond acceptors (Lipinski definition) is 6. The first kappa shape index (κ1) is 20.8. The van der Waals surface area contributed by atoms with Gasteiger partial charge < -0.3 is 28.5 Å². The molecule has 0 aromatic carbocycles. The minimum atomic E-state index is -0.776. The number of ether oxygens (including phenoxy) is 2. The van der Waals surface area contributed by atoms with Gasteiger partial charge in [0.1, 0.15) is 0 Å². The predicted molar refractivity (Wildman–Crippen MR) is 82.1 cm³/mol. The van der Waals surface area contributed by atoms with Gasteiger partial charge in [0.05, 0.1) is 39.6 Å². The highest BCUT2D eigenvalue weighted by atomic mass is 16.7. The van der Waals surface area contributed by atoms with E-state index >= 15 is 0 Å². The summed E-state index contributed by atoms with van der Waals surface area (Å²) in [6.45, 7) is 7.66. The first-order chi connectivity index (χ1) is 10.3. The van der Waals surface area contributed by atoms with E-state index in [9.17, 15) is 0 Å². The molecule has 0 aromatic heterocycles. The van der Waals surface area contributed by atoms with E-state index in [-0.39, 0.29) is 13.2 Å². The van der Waals surface area contributed by atoms with Crippen molar-refractivity contribution in [3.05, 3.63) is 0 Å². The van der Waals surface area contributed by atoms with Gasteiger partial charge in [-0.1, -0.05) is 26.7 Å². The second kappa shape index (κ2) is 17.9. The minimum Gasteiger partial charge on any atom is -0.394 e. The highest BCUT2D eigenvalue weighted by molar-refractivity contribution is 6.36. The van der Waals surface area contributed by atoms with Gasteiger partial charge in [-0.05, 0) is 12.8 Å². The summed E-state index contributed by atoms with van der Waals surface area (Å²) >= 11 is 0. The number of rotatable bonds is 17. The van der Waals surface area contributed by atoms with Gasteiger partial charge in [0.25, 0.3) is 0 Å². The molecule has 0 amide bonds. The van der Waals surface area contributed by atoms with E-state index in [1.165, 1.54) is 0 Å². The molecule has 0 unspecified atom stereocenters. The van der Waals surface area contributed by atoms with Crippen LogP contribution >= 0.6 is 0 Å². The highest BCUT2D eigenvalue weighted by Crippen LogP contribution is 1.95. The van der Waals surface area contributed by atoms with Crippen LogP contribution in [-0.4, -0.2) is 65.3 Å². The Hall–Kier alpha value is -0.175. The predicted octanol–water partition coefficient (Wildman–Crippen LogP) is 1.65. The second-order valence-corrected chi connectivity index (χ2v) is 4.56. The van der Waals surface area contributed by atoms with Crippen LogP contribution in [0.25, 0.3) is 0 Å². The fourth-order valence-electron chi connectivity index (χ4n) is 1.40. The first-order valence-corrected chi connectivity index (χ1v) is 7.96. The van der Waals surface area contributed by atoms with E-state index in [1.54, 1.807) is 0 Å². The van der Waals surface area contributed by atoms with Crippen molar-refractivity contribution in [3.8, 4) is 0 Å². The molecule has 0 fully saturated rings. The molecular weight excluding hydrogens is 275 g/mol. The van der Waals surface area contributed by atoms with Crippen LogP contribution in [0.3, 0.4) is 0 Å². The molecule has 0 radical (unpaired) electrons. The van der Waals surface area contributed by atoms with Crippen molar-refractivity contribution in [2.45, 2.75) is 39.5 Å². The van der Waals surface area contributed by atoms with Gasteiger partial charge in [-0.25, -0.2) is 0 Å². The minimum absolute atomic E-state index is 0.0663. The number of unbranched alkanes of at least 4 members (excludes halogenated alkanes) is 2. The maximum Gasteiger partial charge on any atom is 0.639 e. The van der Waals surface area contributed by atoms with Crippen LogP contribution in [0.2, 0.25) is 0 Å². The van der Waals surface area contributed by atoms with Gasteiger partial charge in [-0.15, -0.1) is 0 Å². The van der Waals surface area contributed by atoms with E-state index in [0.29, 0.717) is 26.4 Å². The van der Waals surface area contributed by atoms with Gasteiger partial charge in [-0.2, -0.15) is 0 Å². The van der Waals surface area contributed by atoms with Crippen molar-refractivity contribution < 1.29 is 28.5 Å². The van der Waals surface area contributed by atoms with E-state index in [0.717, 1.165) is 38.9 Å². The summed E-state index contributed by atoms with van der Waals surface area (Å²) in [7, 11) is -0.776. The Kier molecular flexibility index (Phi) is 17.7. The molecule has 1 N–H and O–H groups in total. The summed E-state index contributed by atoms with van der Waals surface area (Å²) in [5, 5.41) is 8.77. The number of aliphatic hydroxyl groups is 1. The van der Waals surface area contributed by atoms with Gasteiger partial charge >= 0.3 is 7.32 Å². The van der Waals surface area contributed by atoms with Crippen molar-refractivity contribution in [2.24, 2.45) is 0 Å². The molecule has 0 rings (SSSR count). The lowest BCUT2D eigenvalue weighted by Gasteiger charge is -2.14. The number of hydrogen-bond donors (Lipinski definition) is 1. The van der Waals surface area contributed by atoms with Gasteiger partial charge in [-0.3, -0.25) is 0 Å². The Bertz CT molecular complexity index is 180. The van der Waals surface area contributed by atoms with Crippen LogP contribution in [0.1, 0.15) is 39.5 Å². The largest absolute Gasteiger partial charge is 0.639 e. The Morgan fingerprint density at radius 2 is 1.14 bits per heavy atom. The molecular formula is C14H31BO6. The molecule has 126 valence electrons. The van der Waals surface area contributed by atoms with Crippen LogP contribution < -0.4 is 0 Å². The van der Waals surface area contributed by atoms with Gasteiger partial charge in [0.15, 0.2) is 0 Å². The smallest absolute Gasteiger partial charge is 0.394 e. The summed E-state index contributed by atoms with van der Waals surface area (Å²) in [5.41, 5.74) is 0. The molecule has 0 heterocycles. The maximum atomic E-state index is 8.77. The van der Waals surface area contributed by atoms with Crippen LogP contribution in [0.5, 0.6) is 0 Å². The molecule has 21 heavy (non-hydrogen) atoms. The molecule has 0 bridgehead atoms. The van der Waals surface area contributed by atoms with E-state index in [2.05, 4.69) is 13.8 Å². The zero-order valence-electron chi connectivity index (χ0n) is 13.6. The third-order valence-electron chi connectivity index (χ3n) is 2.59. The normalized spacial score (nSPS) is 11.0. The second-order valence-electron chi connectivity index (χ2n) is 4.56. The van der Waals surface area contributed by atoms with Crippen molar-refractivity contribution in [3.63, 3.8) is 0 Å². The number of aliphatic hydroxyl groups excluding tert-OH is 1. The lowest BCUT2D eigenvalue weighted by molar-refractivity contribution is 0.0276. The first-order valence-electron chi connectivity index (χ1n) is 7.96. The molecule has 0 aliphatic carbocycles. The summed E-state index contributed by atoms with van der Waals surface area (Å²) in [4.78, 5) is 0. The van der Waals surface area contributed by atoms with Gasteiger partial charge in [0.2, 0.25) is 0 Å². The Morgan fingerprint density at radius 3 is 1.57 bits per heavy atom.